The summed E-state index contributed by atoms with van der Waals surface area (Å²) >= 11 is 0. The van der Waals surface area contributed by atoms with Crippen LogP contribution in [0, 0.1) is 0 Å². The summed E-state index contributed by atoms with van der Waals surface area (Å²) in [6.07, 6.45) is -4.46. The summed E-state index contributed by atoms with van der Waals surface area (Å²) < 4.78 is 42.9. The van der Waals surface area contributed by atoms with E-state index >= 15 is 0 Å². The van der Waals surface area contributed by atoms with E-state index in [1.807, 2.05) is 24.3 Å². The predicted molar refractivity (Wildman–Crippen MR) is 102 cm³/mol. The number of hydrogen-bond donors (Lipinski definition) is 1. The Bertz CT molecular complexity index is 859. The van der Waals surface area contributed by atoms with Crippen molar-refractivity contribution in [1.82, 2.24) is 4.90 Å². The van der Waals surface area contributed by atoms with Crippen LogP contribution in [0.4, 0.5) is 24.5 Å². The molecule has 0 aliphatic carbocycles. The third-order valence-electron chi connectivity index (χ3n) is 4.67. The zero-order valence-electron chi connectivity index (χ0n) is 15.7. The number of carbonyl (C=O) groups excluding carboxylic acids is 2. The van der Waals surface area contributed by atoms with Crippen molar-refractivity contribution in [2.45, 2.75) is 6.18 Å². The summed E-state index contributed by atoms with van der Waals surface area (Å²) in [6.45, 7) is 1.86. The van der Waals surface area contributed by atoms with Gasteiger partial charge in [0.25, 0.3) is 0 Å². The summed E-state index contributed by atoms with van der Waals surface area (Å²) in [5.41, 5.74) is 0.303. The number of halogens is 3. The van der Waals surface area contributed by atoms with Crippen molar-refractivity contribution in [2.24, 2.45) is 0 Å². The molecular formula is C20H20F3N3O3. The van der Waals surface area contributed by atoms with Gasteiger partial charge in [-0.15, -0.1) is 0 Å². The van der Waals surface area contributed by atoms with Crippen molar-refractivity contribution in [3.8, 4) is 5.75 Å². The van der Waals surface area contributed by atoms with Crippen molar-refractivity contribution < 1.29 is 27.5 Å². The van der Waals surface area contributed by atoms with Gasteiger partial charge in [0.15, 0.2) is 0 Å². The van der Waals surface area contributed by atoms with Gasteiger partial charge in [0.1, 0.15) is 5.75 Å². The normalized spacial score (nSPS) is 14.5. The van der Waals surface area contributed by atoms with Crippen LogP contribution in [-0.4, -0.2) is 50.0 Å². The van der Waals surface area contributed by atoms with Crippen LogP contribution in [0.5, 0.6) is 5.75 Å². The molecule has 154 valence electrons. The van der Waals surface area contributed by atoms with E-state index in [1.54, 1.807) is 7.11 Å². The molecule has 0 bridgehead atoms. The number of anilines is 2. The molecule has 1 saturated heterocycles. The number of amides is 2. The highest BCUT2D eigenvalue weighted by Crippen LogP contribution is 2.29. The van der Waals surface area contributed by atoms with E-state index in [9.17, 15) is 22.8 Å². The minimum absolute atomic E-state index is 0.133. The quantitative estimate of drug-likeness (QED) is 0.795. The lowest BCUT2D eigenvalue weighted by Gasteiger charge is -2.35. The number of carbonyl (C=O) groups is 2. The van der Waals surface area contributed by atoms with Crippen LogP contribution in [-0.2, 0) is 15.8 Å². The van der Waals surface area contributed by atoms with Gasteiger partial charge in [-0.2, -0.15) is 13.2 Å². The minimum atomic E-state index is -4.46. The Morgan fingerprint density at radius 3 is 2.03 bits per heavy atom. The van der Waals surface area contributed by atoms with Crippen molar-refractivity contribution >= 4 is 23.2 Å². The second-order valence-corrected chi connectivity index (χ2v) is 6.51. The number of benzene rings is 2. The molecule has 3 rings (SSSR count). The molecule has 0 atom stereocenters. The van der Waals surface area contributed by atoms with Crippen molar-refractivity contribution in [3.63, 3.8) is 0 Å². The fourth-order valence-electron chi connectivity index (χ4n) is 3.03. The third kappa shape index (κ3) is 4.98. The summed E-state index contributed by atoms with van der Waals surface area (Å²) in [4.78, 5) is 28.0. The molecule has 2 amide bonds. The van der Waals surface area contributed by atoms with Gasteiger partial charge in [-0.1, -0.05) is 0 Å². The Morgan fingerprint density at radius 1 is 0.931 bits per heavy atom. The molecule has 9 heteroatoms. The third-order valence-corrected chi connectivity index (χ3v) is 4.67. The van der Waals surface area contributed by atoms with E-state index in [0.717, 1.165) is 35.7 Å². The van der Waals surface area contributed by atoms with Gasteiger partial charge in [-0.25, -0.2) is 0 Å². The zero-order valence-corrected chi connectivity index (χ0v) is 15.7. The number of nitrogens with zero attached hydrogens (tertiary/aromatic N) is 2. The molecule has 0 radical (unpaired) electrons. The van der Waals surface area contributed by atoms with Crippen LogP contribution in [0.15, 0.2) is 48.5 Å². The number of piperazine rings is 1. The number of nitrogens with one attached hydrogen (secondary N) is 1. The maximum atomic E-state index is 12.6. The number of methoxy groups -OCH3 is 1. The molecule has 1 heterocycles. The molecule has 0 unspecified atom stereocenters. The molecule has 29 heavy (non-hydrogen) atoms. The van der Waals surface area contributed by atoms with Gasteiger partial charge in [0, 0.05) is 37.6 Å². The first-order chi connectivity index (χ1) is 13.8. The van der Waals surface area contributed by atoms with E-state index < -0.39 is 23.6 Å². The summed E-state index contributed by atoms with van der Waals surface area (Å²) in [5.74, 6) is -0.829. The van der Waals surface area contributed by atoms with Crippen LogP contribution in [0.3, 0.4) is 0 Å². The van der Waals surface area contributed by atoms with Crippen LogP contribution in [0.2, 0.25) is 0 Å². The Morgan fingerprint density at radius 2 is 1.52 bits per heavy atom. The monoisotopic (exact) mass is 407 g/mol. The number of rotatable bonds is 3. The van der Waals surface area contributed by atoms with Crippen LogP contribution < -0.4 is 15.0 Å². The van der Waals surface area contributed by atoms with Crippen molar-refractivity contribution in [3.05, 3.63) is 54.1 Å². The van der Waals surface area contributed by atoms with E-state index in [-0.39, 0.29) is 5.69 Å². The molecule has 0 saturated carbocycles. The smallest absolute Gasteiger partial charge is 0.416 e. The zero-order chi connectivity index (χ0) is 21.0. The molecular weight excluding hydrogens is 387 g/mol. The van der Waals surface area contributed by atoms with E-state index in [4.69, 9.17) is 4.74 Å². The summed E-state index contributed by atoms with van der Waals surface area (Å²) in [6, 6.07) is 11.5. The summed E-state index contributed by atoms with van der Waals surface area (Å²) in [5, 5.41) is 2.35. The Kier molecular flexibility index (Phi) is 5.95. The molecule has 1 aliphatic heterocycles. The Balaban J connectivity index is 1.53. The predicted octanol–water partition coefficient (Wildman–Crippen LogP) is 3.00. The highest BCUT2D eigenvalue weighted by molar-refractivity contribution is 6.39. The van der Waals surface area contributed by atoms with Gasteiger partial charge >= 0.3 is 18.0 Å². The minimum Gasteiger partial charge on any atom is -0.497 e. The van der Waals surface area contributed by atoms with E-state index in [0.29, 0.717) is 26.2 Å². The van der Waals surface area contributed by atoms with Crippen molar-refractivity contribution in [1.29, 1.82) is 0 Å². The van der Waals surface area contributed by atoms with Crippen LogP contribution >= 0.6 is 0 Å². The SMILES string of the molecule is COc1ccc(N2CCN(C(=O)C(=O)Nc3ccc(C(F)(F)F)cc3)CC2)cc1. The molecule has 2 aromatic rings. The average Bonchev–Trinajstić information content (AvgIpc) is 2.73. The van der Waals surface area contributed by atoms with Crippen LogP contribution in [0.1, 0.15) is 5.56 Å². The second kappa shape index (κ2) is 8.42. The number of alkyl halides is 3. The highest BCUT2D eigenvalue weighted by atomic mass is 19.4. The average molecular weight is 407 g/mol. The van der Waals surface area contributed by atoms with Gasteiger partial charge in [0.2, 0.25) is 0 Å². The maximum absolute atomic E-state index is 12.6. The molecule has 2 aromatic carbocycles. The van der Waals surface area contributed by atoms with Crippen molar-refractivity contribution in [2.75, 3.05) is 43.5 Å². The first-order valence-electron chi connectivity index (χ1n) is 8.94. The molecule has 1 N–H and O–H groups in total. The first kappa shape index (κ1) is 20.5. The first-order valence-corrected chi connectivity index (χ1v) is 8.94. The summed E-state index contributed by atoms with van der Waals surface area (Å²) in [7, 11) is 1.59. The van der Waals surface area contributed by atoms with Gasteiger partial charge in [0.05, 0.1) is 12.7 Å². The van der Waals surface area contributed by atoms with Crippen LogP contribution in [0.25, 0.3) is 0 Å². The lowest BCUT2D eigenvalue weighted by atomic mass is 10.2. The maximum Gasteiger partial charge on any atom is 0.416 e. The van der Waals surface area contributed by atoms with E-state index in [1.165, 1.54) is 4.90 Å². The topological polar surface area (TPSA) is 61.9 Å². The molecule has 0 aromatic heterocycles. The van der Waals surface area contributed by atoms with Gasteiger partial charge < -0.3 is 19.9 Å². The lowest BCUT2D eigenvalue weighted by molar-refractivity contribution is -0.143. The molecule has 6 nitrogen and oxygen atoms in total. The van der Waals surface area contributed by atoms with Gasteiger partial charge in [-0.3, -0.25) is 9.59 Å². The number of hydrogen-bond acceptors (Lipinski definition) is 4. The number of ether oxygens (including phenoxy) is 1. The fourth-order valence-corrected chi connectivity index (χ4v) is 3.03. The highest BCUT2D eigenvalue weighted by Gasteiger charge is 2.30. The Labute approximate surface area is 165 Å². The standard InChI is InChI=1S/C20H20F3N3O3/c1-29-17-8-6-16(7-9-17)25-10-12-26(13-11-25)19(28)18(27)24-15-4-2-14(3-5-15)20(21,22)23/h2-9H,10-13H2,1H3,(H,24,27). The van der Waals surface area contributed by atoms with Gasteiger partial charge in [-0.05, 0) is 48.5 Å². The molecule has 1 aliphatic rings. The fraction of sp³-hybridized carbons (Fsp3) is 0.300. The molecule has 0 spiro atoms. The lowest BCUT2D eigenvalue weighted by Crippen LogP contribution is -2.51. The Hall–Kier alpha value is -3.23. The largest absolute Gasteiger partial charge is 0.497 e. The molecule has 1 fully saturated rings. The van der Waals surface area contributed by atoms with E-state index in [2.05, 4.69) is 10.2 Å². The second-order valence-electron chi connectivity index (χ2n) is 6.51.